The van der Waals surface area contributed by atoms with Gasteiger partial charge >= 0.3 is 0 Å². The number of amides is 1. The number of furan rings is 1. The summed E-state index contributed by atoms with van der Waals surface area (Å²) in [6, 6.07) is 2.79. The van der Waals surface area contributed by atoms with Crippen LogP contribution in [0.5, 0.6) is 11.5 Å². The van der Waals surface area contributed by atoms with E-state index in [1.54, 1.807) is 12.5 Å². The Labute approximate surface area is 208 Å². The number of nitrogens with two attached hydrogens (primary N) is 1. The summed E-state index contributed by atoms with van der Waals surface area (Å²) < 4.78 is 31.0. The first kappa shape index (κ1) is 24.8. The van der Waals surface area contributed by atoms with Crippen LogP contribution in [-0.4, -0.2) is 68.1 Å². The zero-order chi connectivity index (χ0) is 25.1. The first-order valence-corrected chi connectivity index (χ1v) is 11.6. The molecule has 0 radical (unpaired) electrons. The lowest BCUT2D eigenvalue weighted by atomic mass is 9.99. The Bertz CT molecular complexity index is 1270. The Morgan fingerprint density at radius 2 is 2.17 bits per heavy atom. The Balaban J connectivity index is 1.52. The zero-order valence-corrected chi connectivity index (χ0v) is 20.7. The van der Waals surface area contributed by atoms with Gasteiger partial charge in [-0.1, -0.05) is 17.7 Å². The predicted octanol–water partition coefficient (Wildman–Crippen LogP) is 4.01. The average molecular weight is 503 g/mol. The molecule has 186 valence electrons. The molecule has 2 N–H and O–H groups in total. The van der Waals surface area contributed by atoms with E-state index in [1.807, 2.05) is 30.0 Å². The number of methoxy groups -OCH3 is 1. The highest BCUT2D eigenvalue weighted by molar-refractivity contribution is 6.31. The highest BCUT2D eigenvalue weighted by Crippen LogP contribution is 2.38. The molecule has 0 saturated carbocycles. The number of nitrogens with zero attached hydrogens (tertiary/aromatic N) is 3. The molecule has 4 rings (SSSR count). The smallest absolute Gasteiger partial charge is 0.237 e. The summed E-state index contributed by atoms with van der Waals surface area (Å²) in [5, 5.41) is 0.773. The number of fused-ring (bicyclic) bond motifs is 1. The molecule has 0 fully saturated rings. The van der Waals surface area contributed by atoms with Crippen molar-refractivity contribution in [2.24, 2.45) is 0 Å². The molecular weight excluding hydrogens is 475 g/mol. The van der Waals surface area contributed by atoms with Crippen molar-refractivity contribution < 1.29 is 23.1 Å². The SMILES string of the molecule is COc1ccc(F)c(Cl)c1CCOc1c(N)ncc2c(C3=CCN(C(=O)CN(C)C)CC3)coc12. The van der Waals surface area contributed by atoms with Crippen LogP contribution in [0.3, 0.4) is 0 Å². The Hall–Kier alpha value is -3.30. The van der Waals surface area contributed by atoms with E-state index in [9.17, 15) is 9.18 Å². The van der Waals surface area contributed by atoms with Crippen LogP contribution in [0.25, 0.3) is 16.5 Å². The molecular formula is C25H28ClFN4O4. The van der Waals surface area contributed by atoms with Crippen LogP contribution in [0.4, 0.5) is 10.2 Å². The van der Waals surface area contributed by atoms with Gasteiger partial charge < -0.3 is 29.4 Å². The maximum Gasteiger partial charge on any atom is 0.237 e. The summed E-state index contributed by atoms with van der Waals surface area (Å²) >= 11 is 6.13. The van der Waals surface area contributed by atoms with E-state index in [2.05, 4.69) is 4.98 Å². The average Bonchev–Trinajstić information content (AvgIpc) is 3.27. The zero-order valence-electron chi connectivity index (χ0n) is 19.9. The lowest BCUT2D eigenvalue weighted by molar-refractivity contribution is -0.131. The van der Waals surface area contributed by atoms with Gasteiger partial charge in [0.05, 0.1) is 36.9 Å². The number of benzene rings is 1. The van der Waals surface area contributed by atoms with Crippen LogP contribution in [0.1, 0.15) is 17.5 Å². The maximum atomic E-state index is 13.9. The third-order valence-corrected chi connectivity index (χ3v) is 6.34. The van der Waals surface area contributed by atoms with Gasteiger partial charge in [-0.3, -0.25) is 4.79 Å². The molecule has 0 saturated heterocycles. The van der Waals surface area contributed by atoms with Crippen molar-refractivity contribution in [3.63, 3.8) is 0 Å². The monoisotopic (exact) mass is 502 g/mol. The van der Waals surface area contributed by atoms with Gasteiger partial charge in [0.25, 0.3) is 0 Å². The van der Waals surface area contributed by atoms with E-state index in [0.29, 0.717) is 55.1 Å². The number of carbonyl (C=O) groups excluding carboxylic acids is 1. The number of hydrogen-bond donors (Lipinski definition) is 1. The molecule has 3 aromatic rings. The summed E-state index contributed by atoms with van der Waals surface area (Å²) in [5.74, 6) is 0.562. The number of anilines is 1. The van der Waals surface area contributed by atoms with Crippen molar-refractivity contribution in [3.8, 4) is 11.5 Å². The number of pyridine rings is 1. The minimum absolute atomic E-state index is 0.000108. The van der Waals surface area contributed by atoms with Crippen LogP contribution in [0, 0.1) is 5.82 Å². The molecule has 10 heteroatoms. The van der Waals surface area contributed by atoms with Crippen LogP contribution in [-0.2, 0) is 11.2 Å². The van der Waals surface area contributed by atoms with Gasteiger partial charge in [0.2, 0.25) is 11.7 Å². The highest BCUT2D eigenvalue weighted by atomic mass is 35.5. The first-order valence-electron chi connectivity index (χ1n) is 11.2. The van der Waals surface area contributed by atoms with E-state index in [1.165, 1.54) is 19.2 Å². The number of ether oxygens (including phenoxy) is 2. The number of rotatable bonds is 8. The van der Waals surface area contributed by atoms with Gasteiger partial charge in [-0.25, -0.2) is 9.37 Å². The number of hydrogen-bond acceptors (Lipinski definition) is 7. The Morgan fingerprint density at radius 3 is 2.86 bits per heavy atom. The molecule has 0 bridgehead atoms. The fourth-order valence-electron chi connectivity index (χ4n) is 4.13. The number of aromatic nitrogens is 1. The summed E-state index contributed by atoms with van der Waals surface area (Å²) in [7, 11) is 5.25. The lowest BCUT2D eigenvalue weighted by Gasteiger charge is -2.27. The topological polar surface area (TPSA) is 94.1 Å². The summed E-state index contributed by atoms with van der Waals surface area (Å²) in [6.45, 7) is 1.71. The maximum absolute atomic E-state index is 13.9. The minimum atomic E-state index is -0.524. The third-order valence-electron chi connectivity index (χ3n) is 5.93. The molecule has 1 aromatic carbocycles. The van der Waals surface area contributed by atoms with Crippen LogP contribution < -0.4 is 15.2 Å². The molecule has 3 heterocycles. The van der Waals surface area contributed by atoms with Gasteiger partial charge in [-0.05, 0) is 38.2 Å². The second kappa shape index (κ2) is 10.5. The van der Waals surface area contributed by atoms with E-state index in [4.69, 9.17) is 31.2 Å². The summed E-state index contributed by atoms with van der Waals surface area (Å²) in [5.41, 5.74) is 9.05. The van der Waals surface area contributed by atoms with Crippen molar-refractivity contribution in [3.05, 3.63) is 52.6 Å². The second-order valence-corrected chi connectivity index (χ2v) is 8.94. The highest BCUT2D eigenvalue weighted by Gasteiger charge is 2.22. The molecule has 1 aliphatic heterocycles. The van der Waals surface area contributed by atoms with Gasteiger partial charge in [-0.15, -0.1) is 0 Å². The van der Waals surface area contributed by atoms with Gasteiger partial charge in [0, 0.05) is 36.8 Å². The molecule has 35 heavy (non-hydrogen) atoms. The van der Waals surface area contributed by atoms with Crippen molar-refractivity contribution in [1.82, 2.24) is 14.8 Å². The molecule has 0 atom stereocenters. The molecule has 1 aliphatic rings. The fourth-order valence-corrected chi connectivity index (χ4v) is 4.38. The van der Waals surface area contributed by atoms with Crippen LogP contribution >= 0.6 is 11.6 Å². The van der Waals surface area contributed by atoms with Crippen molar-refractivity contribution in [2.45, 2.75) is 12.8 Å². The standard InChI is InChI=1S/C25H28ClFN4O4/c1-30(2)13-21(32)31-9-6-15(7-10-31)18-14-35-23-17(18)12-29-25(28)24(23)34-11-8-16-20(33-3)5-4-19(27)22(16)26/h4-6,12,14H,7-11,13H2,1-3H3,(H2,28,29). The molecule has 2 aromatic heterocycles. The van der Waals surface area contributed by atoms with E-state index < -0.39 is 5.82 Å². The van der Waals surface area contributed by atoms with Crippen LogP contribution in [0.2, 0.25) is 5.02 Å². The molecule has 1 amide bonds. The lowest BCUT2D eigenvalue weighted by Crippen LogP contribution is -2.40. The normalized spacial score (nSPS) is 13.9. The number of likely N-dealkylation sites (N-methyl/N-ethyl adjacent to an activating group) is 1. The van der Waals surface area contributed by atoms with Crippen molar-refractivity contribution in [1.29, 1.82) is 0 Å². The molecule has 0 aliphatic carbocycles. The fraction of sp³-hybridized carbons (Fsp3) is 0.360. The van der Waals surface area contributed by atoms with E-state index in [-0.39, 0.29) is 23.4 Å². The first-order chi connectivity index (χ1) is 16.8. The van der Waals surface area contributed by atoms with Crippen LogP contribution in [0.15, 0.2) is 35.1 Å². The van der Waals surface area contributed by atoms with E-state index >= 15 is 0 Å². The molecule has 0 spiro atoms. The molecule has 8 nitrogen and oxygen atoms in total. The largest absolute Gasteiger partial charge is 0.496 e. The summed E-state index contributed by atoms with van der Waals surface area (Å²) in [4.78, 5) is 20.3. The van der Waals surface area contributed by atoms with Crippen molar-refractivity contribution in [2.75, 3.05) is 53.2 Å². The quantitative estimate of drug-likeness (QED) is 0.497. The molecule has 0 unspecified atom stereocenters. The number of carbonyl (C=O) groups is 1. The second-order valence-electron chi connectivity index (χ2n) is 8.56. The summed E-state index contributed by atoms with van der Waals surface area (Å²) in [6.07, 6.45) is 6.36. The Morgan fingerprint density at radius 1 is 1.37 bits per heavy atom. The van der Waals surface area contributed by atoms with Gasteiger partial charge in [-0.2, -0.15) is 0 Å². The predicted molar refractivity (Wildman–Crippen MR) is 133 cm³/mol. The number of nitrogen functional groups attached to an aromatic ring is 1. The van der Waals surface area contributed by atoms with Crippen molar-refractivity contribution >= 4 is 39.9 Å². The minimum Gasteiger partial charge on any atom is -0.496 e. The van der Waals surface area contributed by atoms with E-state index in [0.717, 1.165) is 16.5 Å². The van der Waals surface area contributed by atoms with Gasteiger partial charge in [0.15, 0.2) is 11.4 Å². The number of halogens is 2. The third kappa shape index (κ3) is 5.21. The van der Waals surface area contributed by atoms with Gasteiger partial charge in [0.1, 0.15) is 11.6 Å². The Kier molecular flexibility index (Phi) is 7.47.